The van der Waals surface area contributed by atoms with Crippen molar-refractivity contribution in [3.8, 4) is 0 Å². The number of hydrogen-bond donors (Lipinski definition) is 1. The second kappa shape index (κ2) is 6.10. The minimum Gasteiger partial charge on any atom is -0.441 e. The third-order valence-corrected chi connectivity index (χ3v) is 3.71. The van der Waals surface area contributed by atoms with Crippen LogP contribution in [-0.4, -0.2) is 4.98 Å². The summed E-state index contributed by atoms with van der Waals surface area (Å²) in [5.74, 6) is 0.811. The van der Waals surface area contributed by atoms with Crippen LogP contribution in [0.1, 0.15) is 29.0 Å². The number of fused-ring (bicyclic) bond motifs is 1. The third-order valence-electron chi connectivity index (χ3n) is 3.71. The van der Waals surface area contributed by atoms with Gasteiger partial charge in [0, 0.05) is 13.0 Å². The fourth-order valence-corrected chi connectivity index (χ4v) is 2.45. The highest BCUT2D eigenvalue weighted by Crippen LogP contribution is 2.18. The Bertz CT molecular complexity index is 729. The molecule has 21 heavy (non-hydrogen) atoms. The van der Waals surface area contributed by atoms with E-state index in [1.165, 1.54) is 11.1 Å². The van der Waals surface area contributed by atoms with Crippen molar-refractivity contribution in [2.45, 2.75) is 32.7 Å². The highest BCUT2D eigenvalue weighted by molar-refractivity contribution is 5.73. The molecule has 0 unspecified atom stereocenters. The maximum atomic E-state index is 5.80. The lowest BCUT2D eigenvalue weighted by atomic mass is 10.1. The summed E-state index contributed by atoms with van der Waals surface area (Å²) in [5, 5.41) is 0. The topological polar surface area (TPSA) is 52.0 Å². The van der Waals surface area contributed by atoms with Crippen LogP contribution in [0.2, 0.25) is 0 Å². The van der Waals surface area contributed by atoms with Crippen LogP contribution in [0.25, 0.3) is 11.1 Å². The molecule has 3 nitrogen and oxygen atoms in total. The fourth-order valence-electron chi connectivity index (χ4n) is 2.45. The van der Waals surface area contributed by atoms with E-state index >= 15 is 0 Å². The molecule has 0 saturated heterocycles. The molecule has 0 saturated carbocycles. The monoisotopic (exact) mass is 280 g/mol. The van der Waals surface area contributed by atoms with E-state index in [1.54, 1.807) is 0 Å². The predicted molar refractivity (Wildman–Crippen MR) is 85.1 cm³/mol. The van der Waals surface area contributed by atoms with Gasteiger partial charge in [0.05, 0.1) is 0 Å². The number of aromatic nitrogens is 1. The average Bonchev–Trinajstić information content (AvgIpc) is 2.91. The molecule has 0 amide bonds. The molecule has 0 fully saturated rings. The minimum atomic E-state index is 0.527. The molecule has 2 N–H and O–H groups in total. The molecule has 2 aromatic carbocycles. The zero-order chi connectivity index (χ0) is 14.7. The molecular weight excluding hydrogens is 260 g/mol. The fraction of sp³-hybridized carbons (Fsp3) is 0.278. The lowest BCUT2D eigenvalue weighted by molar-refractivity contribution is 0.519. The van der Waals surface area contributed by atoms with E-state index in [0.717, 1.165) is 41.8 Å². The van der Waals surface area contributed by atoms with E-state index in [4.69, 9.17) is 10.2 Å². The Balaban J connectivity index is 1.63. The van der Waals surface area contributed by atoms with Crippen molar-refractivity contribution in [3.05, 3.63) is 65.0 Å². The smallest absolute Gasteiger partial charge is 0.195 e. The summed E-state index contributed by atoms with van der Waals surface area (Å²) in [7, 11) is 0. The molecule has 1 heterocycles. The van der Waals surface area contributed by atoms with Crippen molar-refractivity contribution in [1.82, 2.24) is 4.98 Å². The van der Waals surface area contributed by atoms with Gasteiger partial charge in [0.15, 0.2) is 11.5 Å². The minimum absolute atomic E-state index is 0.527. The molecule has 0 aliphatic carbocycles. The lowest BCUT2D eigenvalue weighted by Gasteiger charge is -2.00. The number of aryl methyl sites for hydroxylation is 3. The Morgan fingerprint density at radius 1 is 1.00 bits per heavy atom. The van der Waals surface area contributed by atoms with Crippen LogP contribution >= 0.6 is 0 Å². The van der Waals surface area contributed by atoms with E-state index in [2.05, 4.69) is 36.2 Å². The van der Waals surface area contributed by atoms with Crippen LogP contribution in [0.4, 0.5) is 0 Å². The summed E-state index contributed by atoms with van der Waals surface area (Å²) in [5.41, 5.74) is 11.1. The molecule has 0 bridgehead atoms. The second-order valence-electron chi connectivity index (χ2n) is 5.45. The van der Waals surface area contributed by atoms with Gasteiger partial charge in [0.2, 0.25) is 0 Å². The van der Waals surface area contributed by atoms with Gasteiger partial charge in [0.1, 0.15) is 5.52 Å². The number of nitrogens with zero attached hydrogens (tertiary/aromatic N) is 1. The van der Waals surface area contributed by atoms with Gasteiger partial charge in [-0.3, -0.25) is 0 Å². The van der Waals surface area contributed by atoms with Crippen molar-refractivity contribution in [3.63, 3.8) is 0 Å². The molecule has 3 rings (SSSR count). The zero-order valence-corrected chi connectivity index (χ0v) is 12.3. The first-order valence-electron chi connectivity index (χ1n) is 7.38. The summed E-state index contributed by atoms with van der Waals surface area (Å²) in [6, 6.07) is 14.6. The third kappa shape index (κ3) is 3.31. The van der Waals surface area contributed by atoms with Crippen molar-refractivity contribution in [2.24, 2.45) is 5.73 Å². The van der Waals surface area contributed by atoms with Gasteiger partial charge in [-0.2, -0.15) is 0 Å². The highest BCUT2D eigenvalue weighted by atomic mass is 16.3. The van der Waals surface area contributed by atoms with Crippen LogP contribution in [0, 0.1) is 6.92 Å². The normalized spacial score (nSPS) is 11.1. The second-order valence-corrected chi connectivity index (χ2v) is 5.45. The largest absolute Gasteiger partial charge is 0.441 e. The van der Waals surface area contributed by atoms with Crippen molar-refractivity contribution in [2.75, 3.05) is 0 Å². The van der Waals surface area contributed by atoms with Gasteiger partial charge in [-0.1, -0.05) is 35.9 Å². The van der Waals surface area contributed by atoms with E-state index in [9.17, 15) is 0 Å². The Hall–Kier alpha value is -2.13. The first-order valence-corrected chi connectivity index (χ1v) is 7.38. The lowest BCUT2D eigenvalue weighted by Crippen LogP contribution is -1.94. The number of hydrogen-bond acceptors (Lipinski definition) is 3. The molecule has 0 atom stereocenters. The van der Waals surface area contributed by atoms with Gasteiger partial charge in [-0.15, -0.1) is 0 Å². The summed E-state index contributed by atoms with van der Waals surface area (Å²) >= 11 is 0. The van der Waals surface area contributed by atoms with Crippen LogP contribution in [-0.2, 0) is 19.4 Å². The maximum Gasteiger partial charge on any atom is 0.195 e. The molecule has 3 aromatic rings. The van der Waals surface area contributed by atoms with Gasteiger partial charge in [0.25, 0.3) is 0 Å². The summed E-state index contributed by atoms with van der Waals surface area (Å²) < 4.78 is 5.80. The number of nitrogens with two attached hydrogens (primary N) is 1. The summed E-state index contributed by atoms with van der Waals surface area (Å²) in [4.78, 5) is 4.53. The first-order chi connectivity index (χ1) is 10.2. The van der Waals surface area contributed by atoms with Crippen LogP contribution in [0.5, 0.6) is 0 Å². The van der Waals surface area contributed by atoms with Crippen molar-refractivity contribution < 1.29 is 4.42 Å². The summed E-state index contributed by atoms with van der Waals surface area (Å²) in [6.07, 6.45) is 2.95. The van der Waals surface area contributed by atoms with E-state index in [1.807, 2.05) is 18.2 Å². The molecule has 0 spiro atoms. The van der Waals surface area contributed by atoms with Crippen LogP contribution in [0.15, 0.2) is 46.9 Å². The molecule has 0 radical (unpaired) electrons. The predicted octanol–water partition coefficient (Wildman–Crippen LogP) is 3.77. The first kappa shape index (κ1) is 13.8. The van der Waals surface area contributed by atoms with Crippen LogP contribution < -0.4 is 5.73 Å². The van der Waals surface area contributed by atoms with E-state index in [0.29, 0.717) is 6.54 Å². The van der Waals surface area contributed by atoms with Gasteiger partial charge < -0.3 is 10.2 Å². The Morgan fingerprint density at radius 2 is 1.76 bits per heavy atom. The standard InChI is InChI=1S/C18H20N2O/c1-13-5-7-14(8-6-13)3-2-4-18-20-16-10-9-15(12-19)11-17(16)21-18/h5-11H,2-4,12,19H2,1H3. The SMILES string of the molecule is Cc1ccc(CCCc2nc3ccc(CN)cc3o2)cc1. The molecule has 0 aliphatic rings. The molecular formula is C18H20N2O. The molecule has 108 valence electrons. The van der Waals surface area contributed by atoms with Crippen molar-refractivity contribution in [1.29, 1.82) is 0 Å². The van der Waals surface area contributed by atoms with Gasteiger partial charge >= 0.3 is 0 Å². The van der Waals surface area contributed by atoms with E-state index < -0.39 is 0 Å². The van der Waals surface area contributed by atoms with Gasteiger partial charge in [-0.05, 0) is 43.0 Å². The highest BCUT2D eigenvalue weighted by Gasteiger charge is 2.06. The Kier molecular flexibility index (Phi) is 4.02. The van der Waals surface area contributed by atoms with Crippen molar-refractivity contribution >= 4 is 11.1 Å². The maximum absolute atomic E-state index is 5.80. The summed E-state index contributed by atoms with van der Waals surface area (Å²) in [6.45, 7) is 2.64. The average molecular weight is 280 g/mol. The Morgan fingerprint density at radius 3 is 2.52 bits per heavy atom. The molecule has 0 aliphatic heterocycles. The quantitative estimate of drug-likeness (QED) is 0.774. The molecule has 1 aromatic heterocycles. The van der Waals surface area contributed by atoms with E-state index in [-0.39, 0.29) is 0 Å². The van der Waals surface area contributed by atoms with Crippen LogP contribution in [0.3, 0.4) is 0 Å². The van der Waals surface area contributed by atoms with Gasteiger partial charge in [-0.25, -0.2) is 4.98 Å². The Labute approximate surface area is 124 Å². The molecule has 3 heteroatoms. The number of benzene rings is 2. The number of oxazole rings is 1. The zero-order valence-electron chi connectivity index (χ0n) is 12.3. The number of rotatable bonds is 5.